The van der Waals surface area contributed by atoms with Crippen LogP contribution in [0.2, 0.25) is 0 Å². The highest BCUT2D eigenvalue weighted by molar-refractivity contribution is 6.06. The topological polar surface area (TPSA) is 34.8 Å². The number of fused-ring (bicyclic) bond motifs is 3. The molecule has 0 aliphatic heterocycles. The van der Waals surface area contributed by atoms with Crippen LogP contribution in [0.3, 0.4) is 0 Å². The van der Waals surface area contributed by atoms with Gasteiger partial charge in [0.1, 0.15) is 16.9 Å². The predicted molar refractivity (Wildman–Crippen MR) is 116 cm³/mol. The molecule has 5 rings (SSSR count). The van der Waals surface area contributed by atoms with Crippen LogP contribution in [0.25, 0.3) is 39.0 Å². The molecule has 29 heavy (non-hydrogen) atoms. The van der Waals surface area contributed by atoms with Crippen molar-refractivity contribution in [1.29, 1.82) is 0 Å². The summed E-state index contributed by atoms with van der Waals surface area (Å²) in [5.41, 5.74) is 6.18. The summed E-state index contributed by atoms with van der Waals surface area (Å²) in [6.07, 6.45) is 0. The minimum Gasteiger partial charge on any atom is -0.456 e. The monoisotopic (exact) mass is 385 g/mol. The highest BCUT2D eigenvalue weighted by Gasteiger charge is 2.28. The molecule has 0 aliphatic carbocycles. The van der Waals surface area contributed by atoms with Gasteiger partial charge in [-0.3, -0.25) is 0 Å². The van der Waals surface area contributed by atoms with E-state index >= 15 is 0 Å². The molecule has 0 atom stereocenters. The Kier molecular flexibility index (Phi) is 3.17. The number of benzene rings is 3. The van der Waals surface area contributed by atoms with Gasteiger partial charge in [0.2, 0.25) is 0 Å². The number of para-hydroxylation sites is 1. The quantitative estimate of drug-likeness (QED) is 0.376. The van der Waals surface area contributed by atoms with Gasteiger partial charge >= 0.3 is 0 Å². The number of rotatable bonds is 2. The summed E-state index contributed by atoms with van der Waals surface area (Å²) < 4.78 is 34.2. The SMILES string of the molecule is [2H]C([2H])([2H])c1nn(C)c(-c2ccccc2C)[n+]1-c1c(C)cc2c(oc3ccccc32)c1C. The molecule has 3 aromatic carbocycles. The van der Waals surface area contributed by atoms with Gasteiger partial charge < -0.3 is 4.42 Å². The average molecular weight is 386 g/mol. The van der Waals surface area contributed by atoms with Crippen molar-refractivity contribution >= 4 is 21.9 Å². The summed E-state index contributed by atoms with van der Waals surface area (Å²) in [7, 11) is 1.79. The third-order valence-electron chi connectivity index (χ3n) is 5.65. The Labute approximate surface area is 174 Å². The molecule has 0 N–H and O–H groups in total. The Hall–Kier alpha value is -3.40. The third-order valence-corrected chi connectivity index (χ3v) is 5.65. The fourth-order valence-electron chi connectivity index (χ4n) is 4.33. The maximum atomic E-state index is 8.19. The van der Waals surface area contributed by atoms with Gasteiger partial charge in [-0.05, 0) is 50.1 Å². The molecule has 4 heteroatoms. The summed E-state index contributed by atoms with van der Waals surface area (Å²) in [6.45, 7) is 3.62. The zero-order chi connectivity index (χ0) is 22.8. The van der Waals surface area contributed by atoms with E-state index in [-0.39, 0.29) is 5.82 Å². The van der Waals surface area contributed by atoms with E-state index in [4.69, 9.17) is 8.53 Å². The van der Waals surface area contributed by atoms with Gasteiger partial charge in [-0.15, -0.1) is 4.68 Å². The Morgan fingerprint density at radius 2 is 1.72 bits per heavy atom. The largest absolute Gasteiger partial charge is 0.456 e. The van der Waals surface area contributed by atoms with Crippen LogP contribution in [-0.2, 0) is 7.05 Å². The lowest BCUT2D eigenvalue weighted by molar-refractivity contribution is -0.592. The van der Waals surface area contributed by atoms with E-state index in [0.717, 1.165) is 55.7 Å². The molecular formula is C25H24N3O+. The minimum atomic E-state index is -2.39. The lowest BCUT2D eigenvalue weighted by Gasteiger charge is -2.12. The second-order valence-electron chi connectivity index (χ2n) is 7.56. The Morgan fingerprint density at radius 3 is 2.52 bits per heavy atom. The molecule has 0 spiro atoms. The van der Waals surface area contributed by atoms with Crippen LogP contribution in [0, 0.1) is 27.6 Å². The molecule has 4 nitrogen and oxygen atoms in total. The number of furan rings is 1. The maximum Gasteiger partial charge on any atom is 0.279 e. The second kappa shape index (κ2) is 6.31. The van der Waals surface area contributed by atoms with Crippen molar-refractivity contribution in [2.24, 2.45) is 7.05 Å². The van der Waals surface area contributed by atoms with Crippen LogP contribution in [0.1, 0.15) is 26.6 Å². The van der Waals surface area contributed by atoms with Gasteiger partial charge in [-0.25, -0.2) is 0 Å². The second-order valence-corrected chi connectivity index (χ2v) is 7.56. The molecule has 0 bridgehead atoms. The number of hydrogen-bond donors (Lipinski definition) is 0. The molecular weight excluding hydrogens is 358 g/mol. The number of aromatic nitrogens is 3. The Morgan fingerprint density at radius 1 is 0.966 bits per heavy atom. The summed E-state index contributed by atoms with van der Waals surface area (Å²) in [5, 5.41) is 6.54. The normalized spacial score (nSPS) is 13.6. The highest BCUT2D eigenvalue weighted by atomic mass is 16.3. The van der Waals surface area contributed by atoms with Gasteiger partial charge in [0.05, 0.1) is 12.6 Å². The highest BCUT2D eigenvalue weighted by Crippen LogP contribution is 2.35. The first kappa shape index (κ1) is 14.6. The zero-order valence-corrected chi connectivity index (χ0v) is 16.9. The standard InChI is InChI=1S/C25H24N3O/c1-15-10-6-7-11-19(15)25-27(5)26-18(4)28(25)23-16(2)14-21-20-12-8-9-13-22(20)29-24(21)17(23)3/h6-14H,1-5H3/q+1/i4D3. The molecule has 2 heterocycles. The van der Waals surface area contributed by atoms with Gasteiger partial charge in [-0.2, -0.15) is 4.57 Å². The van der Waals surface area contributed by atoms with E-state index in [1.165, 1.54) is 0 Å². The fraction of sp³-hybridized carbons (Fsp3) is 0.200. The molecule has 144 valence electrons. The van der Waals surface area contributed by atoms with E-state index in [1.54, 1.807) is 16.3 Å². The maximum absolute atomic E-state index is 8.19. The van der Waals surface area contributed by atoms with Crippen LogP contribution in [0.15, 0.2) is 59.0 Å². The van der Waals surface area contributed by atoms with Crippen molar-refractivity contribution in [3.63, 3.8) is 0 Å². The first-order valence-electron chi connectivity index (χ1n) is 11.2. The van der Waals surface area contributed by atoms with Crippen molar-refractivity contribution in [2.45, 2.75) is 27.6 Å². The molecule has 0 radical (unpaired) electrons. The van der Waals surface area contributed by atoms with Crippen molar-refractivity contribution in [1.82, 2.24) is 9.78 Å². The molecule has 0 unspecified atom stereocenters. The van der Waals surface area contributed by atoms with Gasteiger partial charge in [-0.1, -0.05) is 36.4 Å². The van der Waals surface area contributed by atoms with Crippen molar-refractivity contribution in [3.8, 4) is 17.1 Å². The summed E-state index contributed by atoms with van der Waals surface area (Å²) in [5.74, 6) is 0.746. The van der Waals surface area contributed by atoms with E-state index in [0.29, 0.717) is 0 Å². The van der Waals surface area contributed by atoms with E-state index < -0.39 is 6.85 Å². The lowest BCUT2D eigenvalue weighted by Crippen LogP contribution is -2.37. The Bertz CT molecular complexity index is 1510. The van der Waals surface area contributed by atoms with Crippen LogP contribution >= 0.6 is 0 Å². The van der Waals surface area contributed by atoms with Crippen molar-refractivity contribution < 1.29 is 13.1 Å². The smallest absolute Gasteiger partial charge is 0.279 e. The summed E-state index contributed by atoms with van der Waals surface area (Å²) in [4.78, 5) is 0. The number of hydrogen-bond acceptors (Lipinski definition) is 2. The van der Waals surface area contributed by atoms with E-state index in [1.807, 2.05) is 69.3 Å². The first-order chi connectivity index (χ1) is 15.2. The predicted octanol–water partition coefficient (Wildman–Crippen LogP) is 5.50. The molecule has 5 aromatic rings. The molecule has 0 saturated carbocycles. The molecule has 0 aliphatic rings. The zero-order valence-electron chi connectivity index (χ0n) is 19.9. The van der Waals surface area contributed by atoms with Crippen LogP contribution < -0.4 is 4.57 Å². The summed E-state index contributed by atoms with van der Waals surface area (Å²) >= 11 is 0. The molecule has 0 fully saturated rings. The van der Waals surface area contributed by atoms with Crippen LogP contribution in [-0.4, -0.2) is 9.78 Å². The number of aryl methyl sites for hydroxylation is 5. The van der Waals surface area contributed by atoms with Gasteiger partial charge in [0.15, 0.2) is 0 Å². The molecule has 0 saturated heterocycles. The van der Waals surface area contributed by atoms with Gasteiger partial charge in [0.25, 0.3) is 11.6 Å². The molecule has 0 amide bonds. The van der Waals surface area contributed by atoms with E-state index in [2.05, 4.69) is 11.2 Å². The van der Waals surface area contributed by atoms with Crippen molar-refractivity contribution in [2.75, 3.05) is 0 Å². The average Bonchev–Trinajstić information content (AvgIpc) is 3.27. The third kappa shape index (κ3) is 2.52. The first-order valence-corrected chi connectivity index (χ1v) is 9.66. The number of nitrogens with zero attached hydrogens (tertiary/aromatic N) is 3. The lowest BCUT2D eigenvalue weighted by atomic mass is 10.0. The molecule has 2 aromatic heterocycles. The van der Waals surface area contributed by atoms with Crippen LogP contribution in [0.4, 0.5) is 0 Å². The minimum absolute atomic E-state index is 0.0277. The van der Waals surface area contributed by atoms with Gasteiger partial charge in [0, 0.05) is 32.4 Å². The fourth-order valence-corrected chi connectivity index (χ4v) is 4.33. The van der Waals surface area contributed by atoms with Crippen LogP contribution in [0.5, 0.6) is 0 Å². The van der Waals surface area contributed by atoms with Crippen molar-refractivity contribution in [3.05, 3.63) is 77.1 Å². The summed E-state index contributed by atoms with van der Waals surface area (Å²) in [6, 6.07) is 18.0. The Balaban J connectivity index is 1.93. The van der Waals surface area contributed by atoms with E-state index in [9.17, 15) is 0 Å².